The van der Waals surface area contributed by atoms with Crippen molar-refractivity contribution in [3.8, 4) is 28.4 Å². The van der Waals surface area contributed by atoms with Crippen molar-refractivity contribution in [2.75, 3.05) is 43.5 Å². The number of rotatable bonds is 8. The van der Waals surface area contributed by atoms with Crippen LogP contribution in [-0.2, 0) is 16.0 Å². The van der Waals surface area contributed by atoms with E-state index in [4.69, 9.17) is 19.9 Å². The number of aromatic nitrogens is 4. The maximum absolute atomic E-state index is 15.0. The minimum Gasteiger partial charge on any atom is -0.493 e. The van der Waals surface area contributed by atoms with Crippen molar-refractivity contribution in [2.45, 2.75) is 64.3 Å². The summed E-state index contributed by atoms with van der Waals surface area (Å²) in [5, 5.41) is 7.74. The van der Waals surface area contributed by atoms with Crippen LogP contribution >= 0.6 is 0 Å². The molecule has 3 N–H and O–H groups in total. The molecule has 5 heterocycles. The van der Waals surface area contributed by atoms with Gasteiger partial charge < -0.3 is 30.2 Å². The Morgan fingerprint density at radius 2 is 1.90 bits per heavy atom. The molecule has 4 aromatic rings. The zero-order chi connectivity index (χ0) is 35.0. The van der Waals surface area contributed by atoms with Gasteiger partial charge in [0.25, 0.3) is 0 Å². The lowest BCUT2D eigenvalue weighted by molar-refractivity contribution is -0.198. The fourth-order valence-electron chi connectivity index (χ4n) is 7.23. The summed E-state index contributed by atoms with van der Waals surface area (Å²) in [5.74, 6) is 0.479. The minimum absolute atomic E-state index is 0.0759. The van der Waals surface area contributed by atoms with Crippen molar-refractivity contribution in [1.82, 2.24) is 25.1 Å². The highest BCUT2D eigenvalue weighted by Crippen LogP contribution is 2.43. The summed E-state index contributed by atoms with van der Waals surface area (Å²) in [5.41, 5.74) is 9.37. The number of piperidine rings is 1. The quantitative estimate of drug-likeness (QED) is 0.221. The summed E-state index contributed by atoms with van der Waals surface area (Å²) in [6.07, 6.45) is -1.61. The number of carbonyl (C=O) groups excluding carboxylic acids is 1. The first-order chi connectivity index (χ1) is 24.0. The van der Waals surface area contributed by atoms with E-state index in [1.807, 2.05) is 23.1 Å². The van der Waals surface area contributed by atoms with E-state index in [1.165, 1.54) is 16.8 Å². The maximum atomic E-state index is 15.0. The van der Waals surface area contributed by atoms with E-state index < -0.39 is 12.3 Å². The predicted molar refractivity (Wildman–Crippen MR) is 180 cm³/mol. The smallest absolute Gasteiger partial charge is 0.429 e. The van der Waals surface area contributed by atoms with Crippen molar-refractivity contribution < 1.29 is 32.2 Å². The first kappa shape index (κ1) is 33.6. The van der Waals surface area contributed by atoms with Gasteiger partial charge in [0.15, 0.2) is 0 Å². The second kappa shape index (κ2) is 13.5. The van der Waals surface area contributed by atoms with Crippen LogP contribution in [-0.4, -0.2) is 70.8 Å². The Morgan fingerprint density at radius 3 is 2.64 bits per heavy atom. The van der Waals surface area contributed by atoms with E-state index in [9.17, 15) is 18.0 Å². The second-order valence-corrected chi connectivity index (χ2v) is 13.3. The lowest BCUT2D eigenvalue weighted by Gasteiger charge is -2.39. The molecular weight excluding hydrogens is 651 g/mol. The van der Waals surface area contributed by atoms with Crippen LogP contribution in [0.2, 0.25) is 0 Å². The molecule has 2 saturated heterocycles. The summed E-state index contributed by atoms with van der Waals surface area (Å²) in [4.78, 5) is 22.7. The van der Waals surface area contributed by atoms with Crippen LogP contribution in [0.15, 0.2) is 54.7 Å². The maximum Gasteiger partial charge on any atom is 0.429 e. The number of hydrogen-bond acceptors (Lipinski definition) is 10. The number of alkyl halides is 3. The number of ether oxygens (including phenoxy) is 3. The third-order valence-corrected chi connectivity index (χ3v) is 9.85. The first-order valence-corrected chi connectivity index (χ1v) is 17.0. The molecule has 2 atom stereocenters. The van der Waals surface area contributed by atoms with Crippen LogP contribution in [0.5, 0.6) is 11.6 Å². The number of nitrogens with one attached hydrogen (secondary N) is 1. The van der Waals surface area contributed by atoms with Gasteiger partial charge in [-0.25, -0.2) is 4.68 Å². The normalized spacial score (nSPS) is 19.1. The lowest BCUT2D eigenvalue weighted by Crippen LogP contribution is -2.41. The fourth-order valence-corrected chi connectivity index (χ4v) is 7.23. The molecule has 7 rings (SSSR count). The molecule has 14 heteroatoms. The van der Waals surface area contributed by atoms with Gasteiger partial charge in [0, 0.05) is 37.5 Å². The molecule has 0 unspecified atom stereocenters. The van der Waals surface area contributed by atoms with Gasteiger partial charge in [-0.1, -0.05) is 18.2 Å². The van der Waals surface area contributed by atoms with Gasteiger partial charge in [0.1, 0.15) is 17.6 Å². The van der Waals surface area contributed by atoms with E-state index in [-0.39, 0.29) is 40.5 Å². The molecule has 0 bridgehead atoms. The third kappa shape index (κ3) is 6.93. The van der Waals surface area contributed by atoms with E-state index in [2.05, 4.69) is 20.4 Å². The second-order valence-electron chi connectivity index (χ2n) is 13.3. The van der Waals surface area contributed by atoms with Gasteiger partial charge in [-0.2, -0.15) is 28.2 Å². The number of carbonyl (C=O) groups is 1. The summed E-state index contributed by atoms with van der Waals surface area (Å²) in [6.45, 7) is 6.40. The van der Waals surface area contributed by atoms with E-state index >= 15 is 0 Å². The van der Waals surface area contributed by atoms with Crippen LogP contribution in [0, 0.1) is 12.3 Å². The third-order valence-electron chi connectivity index (χ3n) is 9.85. The van der Waals surface area contributed by atoms with Gasteiger partial charge in [0.05, 0.1) is 24.6 Å². The molecule has 2 aromatic carbocycles. The zero-order valence-corrected chi connectivity index (χ0v) is 28.0. The minimum atomic E-state index is -4.82. The number of anilines is 2. The number of benzene rings is 2. The average Bonchev–Trinajstić information content (AvgIpc) is 3.73. The standard InChI is InChI=1S/C36H40F3N7O4/c1-3-48-33(47)27-20-35(21-41-27)11-14-45(15-12-35)30-19-31(43-34(40)42-30)50-32(36(37,38)39)26-8-6-24(18-28(26)46-13-10-22(2)44-46)23-7-9-29-25(17-23)5-4-16-49-29/h6-10,13,17-19,27,32,41H,3-5,11-12,14-16,20-21H2,1-2H3,(H2,40,42,43)/t27-,32+/m0/s1. The van der Waals surface area contributed by atoms with Crippen LogP contribution in [0.4, 0.5) is 24.9 Å². The number of halogens is 3. The number of hydrogen-bond donors (Lipinski definition) is 2. The molecule has 0 radical (unpaired) electrons. The van der Waals surface area contributed by atoms with E-state index in [0.29, 0.717) is 50.8 Å². The molecule has 264 valence electrons. The molecule has 2 fully saturated rings. The molecule has 50 heavy (non-hydrogen) atoms. The zero-order valence-electron chi connectivity index (χ0n) is 28.0. The first-order valence-electron chi connectivity index (χ1n) is 17.0. The summed E-state index contributed by atoms with van der Waals surface area (Å²) >= 11 is 0. The predicted octanol–water partition coefficient (Wildman–Crippen LogP) is 5.74. The fraction of sp³-hybridized carbons (Fsp3) is 0.444. The van der Waals surface area contributed by atoms with Gasteiger partial charge in [-0.3, -0.25) is 4.79 Å². The van der Waals surface area contributed by atoms with Crippen LogP contribution in [0.25, 0.3) is 16.8 Å². The highest BCUT2D eigenvalue weighted by Gasteiger charge is 2.46. The summed E-state index contributed by atoms with van der Waals surface area (Å²) < 4.78 is 63.0. The van der Waals surface area contributed by atoms with Crippen molar-refractivity contribution in [3.63, 3.8) is 0 Å². The Morgan fingerprint density at radius 1 is 1.12 bits per heavy atom. The van der Waals surface area contributed by atoms with Crippen LogP contribution in [0.3, 0.4) is 0 Å². The SMILES string of the molecule is CCOC(=O)[C@@H]1CC2(CCN(c3cc(O[C@H](c4ccc(-c5ccc6c(c5)CCCO6)cc4-n4ccc(C)n4)C(F)(F)F)nc(N)n3)CC2)CN1. The molecule has 11 nitrogen and oxygen atoms in total. The number of nitrogens with zero attached hydrogens (tertiary/aromatic N) is 5. The Labute approximate surface area is 287 Å². The van der Waals surface area contributed by atoms with E-state index in [0.717, 1.165) is 48.1 Å². The molecule has 0 aliphatic carbocycles. The highest BCUT2D eigenvalue weighted by molar-refractivity contribution is 5.76. The lowest BCUT2D eigenvalue weighted by atomic mass is 9.76. The van der Waals surface area contributed by atoms with Crippen molar-refractivity contribution in [1.29, 1.82) is 0 Å². The van der Waals surface area contributed by atoms with Gasteiger partial charge >= 0.3 is 12.1 Å². The number of esters is 1. The summed E-state index contributed by atoms with van der Waals surface area (Å²) in [7, 11) is 0. The van der Waals surface area contributed by atoms with Crippen molar-refractivity contribution in [2.24, 2.45) is 5.41 Å². The molecule has 3 aliphatic heterocycles. The Hall–Kier alpha value is -4.85. The monoisotopic (exact) mass is 691 g/mol. The number of nitrogens with two attached hydrogens (primary N) is 1. The molecule has 1 spiro atoms. The number of nitrogen functional groups attached to an aromatic ring is 1. The van der Waals surface area contributed by atoms with E-state index in [1.54, 1.807) is 38.2 Å². The van der Waals surface area contributed by atoms with Gasteiger partial charge in [0.2, 0.25) is 17.9 Å². The topological polar surface area (TPSA) is 130 Å². The molecule has 3 aliphatic rings. The van der Waals surface area contributed by atoms with Gasteiger partial charge in [-0.15, -0.1) is 0 Å². The largest absolute Gasteiger partial charge is 0.493 e. The molecular formula is C36H40F3N7O4. The Kier molecular flexibility index (Phi) is 9.06. The Bertz CT molecular complexity index is 1870. The van der Waals surface area contributed by atoms with Crippen molar-refractivity contribution in [3.05, 3.63) is 71.5 Å². The number of fused-ring (bicyclic) bond motifs is 1. The van der Waals surface area contributed by atoms with Crippen molar-refractivity contribution >= 4 is 17.7 Å². The Balaban J connectivity index is 1.16. The average molecular weight is 692 g/mol. The molecule has 0 saturated carbocycles. The molecule has 0 amide bonds. The van der Waals surface area contributed by atoms with Gasteiger partial charge in [-0.05, 0) is 92.3 Å². The number of aryl methyl sites for hydroxylation is 2. The van der Waals surface area contributed by atoms with Crippen LogP contribution < -0.4 is 25.4 Å². The van der Waals surface area contributed by atoms with Crippen LogP contribution in [0.1, 0.15) is 55.5 Å². The highest BCUT2D eigenvalue weighted by atomic mass is 19.4. The molecule has 2 aromatic heterocycles. The summed E-state index contributed by atoms with van der Waals surface area (Å²) in [6, 6.07) is 13.4.